The molecule has 1 aliphatic carbocycles. The molecule has 0 amide bonds. The van der Waals surface area contributed by atoms with Gasteiger partial charge in [-0.05, 0) is 19.8 Å². The zero-order valence-electron chi connectivity index (χ0n) is 9.87. The molecule has 0 aliphatic heterocycles. The molecular formula is C11H16N6. The van der Waals surface area contributed by atoms with E-state index in [-0.39, 0.29) is 0 Å². The van der Waals surface area contributed by atoms with Crippen molar-refractivity contribution in [2.45, 2.75) is 38.8 Å². The minimum absolute atomic E-state index is 0.578. The zero-order valence-corrected chi connectivity index (χ0v) is 9.87. The Kier molecular flexibility index (Phi) is 2.35. The zero-order chi connectivity index (χ0) is 11.8. The van der Waals surface area contributed by atoms with Crippen LogP contribution in [-0.2, 0) is 13.1 Å². The summed E-state index contributed by atoms with van der Waals surface area (Å²) in [5.41, 5.74) is 6.96. The van der Waals surface area contributed by atoms with Crippen molar-refractivity contribution in [3.8, 4) is 0 Å². The summed E-state index contributed by atoms with van der Waals surface area (Å²) in [7, 11) is 0. The Morgan fingerprint density at radius 2 is 2.24 bits per heavy atom. The van der Waals surface area contributed by atoms with Crippen LogP contribution in [-0.4, -0.2) is 24.5 Å². The molecule has 0 saturated heterocycles. The van der Waals surface area contributed by atoms with Gasteiger partial charge in [0.1, 0.15) is 5.82 Å². The van der Waals surface area contributed by atoms with Crippen molar-refractivity contribution in [1.82, 2.24) is 24.5 Å². The van der Waals surface area contributed by atoms with Crippen molar-refractivity contribution in [3.05, 3.63) is 23.9 Å². The lowest BCUT2D eigenvalue weighted by atomic mass is 10.3. The van der Waals surface area contributed by atoms with Gasteiger partial charge in [-0.25, -0.2) is 9.67 Å². The molecule has 6 nitrogen and oxygen atoms in total. The van der Waals surface area contributed by atoms with Crippen LogP contribution in [0.1, 0.15) is 30.3 Å². The standard InChI is InChI=1S/C11H16N6/c1-8-13-4-5-16(8)6-7-17-10(9-2-3-9)11(12)14-15-17/h4-5,9H,2-3,6-7,12H2,1H3. The quantitative estimate of drug-likeness (QED) is 0.851. The number of anilines is 1. The Morgan fingerprint density at radius 3 is 2.88 bits per heavy atom. The SMILES string of the molecule is Cc1nccn1CCn1nnc(N)c1C1CC1. The van der Waals surface area contributed by atoms with Gasteiger partial charge in [0.15, 0.2) is 5.82 Å². The van der Waals surface area contributed by atoms with Gasteiger partial charge >= 0.3 is 0 Å². The average Bonchev–Trinajstić information content (AvgIpc) is 2.96. The first-order valence-electron chi connectivity index (χ1n) is 5.92. The van der Waals surface area contributed by atoms with Crippen molar-refractivity contribution in [3.63, 3.8) is 0 Å². The van der Waals surface area contributed by atoms with Gasteiger partial charge in [-0.1, -0.05) is 5.21 Å². The number of nitrogen functional groups attached to an aromatic ring is 1. The van der Waals surface area contributed by atoms with E-state index >= 15 is 0 Å². The minimum atomic E-state index is 0.578. The number of rotatable bonds is 4. The van der Waals surface area contributed by atoms with E-state index in [1.165, 1.54) is 12.8 Å². The van der Waals surface area contributed by atoms with Gasteiger partial charge in [0.05, 0.1) is 12.2 Å². The second-order valence-corrected chi connectivity index (χ2v) is 4.53. The number of hydrogen-bond acceptors (Lipinski definition) is 4. The first kappa shape index (κ1) is 10.3. The van der Waals surface area contributed by atoms with Gasteiger partial charge in [-0.3, -0.25) is 0 Å². The van der Waals surface area contributed by atoms with Crippen molar-refractivity contribution in [2.75, 3.05) is 5.73 Å². The van der Waals surface area contributed by atoms with Crippen LogP contribution in [0.3, 0.4) is 0 Å². The van der Waals surface area contributed by atoms with E-state index in [9.17, 15) is 0 Å². The Bertz CT molecular complexity index is 522. The molecule has 17 heavy (non-hydrogen) atoms. The number of aryl methyl sites for hydroxylation is 3. The van der Waals surface area contributed by atoms with Crippen LogP contribution < -0.4 is 5.73 Å². The van der Waals surface area contributed by atoms with Crippen LogP contribution in [0.15, 0.2) is 12.4 Å². The maximum atomic E-state index is 5.85. The molecule has 0 unspecified atom stereocenters. The molecule has 1 fully saturated rings. The van der Waals surface area contributed by atoms with E-state index < -0.39 is 0 Å². The molecule has 2 N–H and O–H groups in total. The number of nitrogens with zero attached hydrogens (tertiary/aromatic N) is 5. The highest BCUT2D eigenvalue weighted by Crippen LogP contribution is 2.41. The van der Waals surface area contributed by atoms with Gasteiger partial charge in [-0.2, -0.15) is 0 Å². The first-order chi connectivity index (χ1) is 8.25. The van der Waals surface area contributed by atoms with Crippen molar-refractivity contribution in [2.24, 2.45) is 0 Å². The third kappa shape index (κ3) is 1.90. The molecule has 3 rings (SSSR count). The van der Waals surface area contributed by atoms with Crippen LogP contribution in [0, 0.1) is 6.92 Å². The predicted molar refractivity (Wildman–Crippen MR) is 63.4 cm³/mol. The summed E-state index contributed by atoms with van der Waals surface area (Å²) >= 11 is 0. The van der Waals surface area contributed by atoms with E-state index in [1.54, 1.807) is 0 Å². The van der Waals surface area contributed by atoms with Gasteiger partial charge < -0.3 is 10.3 Å². The van der Waals surface area contributed by atoms with Gasteiger partial charge in [-0.15, -0.1) is 5.10 Å². The van der Waals surface area contributed by atoms with Crippen LogP contribution in [0.25, 0.3) is 0 Å². The second kappa shape index (κ2) is 3.87. The van der Waals surface area contributed by atoms with Crippen molar-refractivity contribution in [1.29, 1.82) is 0 Å². The molecule has 0 atom stereocenters. The molecular weight excluding hydrogens is 216 g/mol. The topological polar surface area (TPSA) is 74.5 Å². The van der Waals surface area contributed by atoms with E-state index in [0.29, 0.717) is 11.7 Å². The van der Waals surface area contributed by atoms with E-state index in [4.69, 9.17) is 5.73 Å². The van der Waals surface area contributed by atoms with Crippen LogP contribution >= 0.6 is 0 Å². The van der Waals surface area contributed by atoms with Crippen LogP contribution in [0.2, 0.25) is 0 Å². The Labute approximate surface area is 99.4 Å². The normalized spacial score (nSPS) is 15.4. The van der Waals surface area contributed by atoms with Crippen molar-refractivity contribution >= 4 is 5.82 Å². The number of aromatic nitrogens is 5. The number of hydrogen-bond donors (Lipinski definition) is 1. The molecule has 2 aromatic heterocycles. The van der Waals surface area contributed by atoms with Crippen LogP contribution in [0.4, 0.5) is 5.82 Å². The first-order valence-corrected chi connectivity index (χ1v) is 5.92. The molecule has 90 valence electrons. The lowest BCUT2D eigenvalue weighted by Crippen LogP contribution is -2.12. The summed E-state index contributed by atoms with van der Waals surface area (Å²) < 4.78 is 4.04. The summed E-state index contributed by atoms with van der Waals surface area (Å²) in [4.78, 5) is 4.20. The van der Waals surface area contributed by atoms with Gasteiger partial charge in [0.2, 0.25) is 0 Å². The lowest BCUT2D eigenvalue weighted by Gasteiger charge is -2.07. The molecule has 2 heterocycles. The molecule has 0 spiro atoms. The fourth-order valence-corrected chi connectivity index (χ4v) is 2.12. The molecule has 0 radical (unpaired) electrons. The highest BCUT2D eigenvalue weighted by atomic mass is 15.4. The number of nitrogens with two attached hydrogens (primary N) is 1. The summed E-state index contributed by atoms with van der Waals surface area (Å²) in [6, 6.07) is 0. The molecule has 1 saturated carbocycles. The predicted octanol–water partition coefficient (Wildman–Crippen LogP) is 0.943. The lowest BCUT2D eigenvalue weighted by molar-refractivity contribution is 0.498. The van der Waals surface area contributed by atoms with E-state index in [0.717, 1.165) is 24.6 Å². The van der Waals surface area contributed by atoms with Gasteiger partial charge in [0.25, 0.3) is 0 Å². The number of imidazole rings is 1. The minimum Gasteiger partial charge on any atom is -0.381 e. The maximum Gasteiger partial charge on any atom is 0.169 e. The fraction of sp³-hybridized carbons (Fsp3) is 0.545. The Morgan fingerprint density at radius 1 is 1.41 bits per heavy atom. The molecule has 2 aromatic rings. The third-order valence-corrected chi connectivity index (χ3v) is 3.24. The highest BCUT2D eigenvalue weighted by Gasteiger charge is 2.30. The fourth-order valence-electron chi connectivity index (χ4n) is 2.12. The van der Waals surface area contributed by atoms with E-state index in [2.05, 4.69) is 19.9 Å². The summed E-state index contributed by atoms with van der Waals surface area (Å²) in [5.74, 6) is 2.19. The Hall–Kier alpha value is -1.85. The highest BCUT2D eigenvalue weighted by molar-refractivity contribution is 5.38. The Balaban J connectivity index is 1.75. The smallest absolute Gasteiger partial charge is 0.169 e. The summed E-state index contributed by atoms with van der Waals surface area (Å²) in [6.07, 6.45) is 6.21. The molecule has 6 heteroatoms. The van der Waals surface area contributed by atoms with Crippen molar-refractivity contribution < 1.29 is 0 Å². The summed E-state index contributed by atoms with van der Waals surface area (Å²) in [6.45, 7) is 3.65. The summed E-state index contributed by atoms with van der Waals surface area (Å²) in [5, 5.41) is 8.08. The second-order valence-electron chi connectivity index (χ2n) is 4.53. The maximum absolute atomic E-state index is 5.85. The average molecular weight is 232 g/mol. The van der Waals surface area contributed by atoms with E-state index in [1.807, 2.05) is 24.0 Å². The molecule has 0 bridgehead atoms. The molecule has 0 aromatic carbocycles. The largest absolute Gasteiger partial charge is 0.381 e. The third-order valence-electron chi connectivity index (χ3n) is 3.24. The van der Waals surface area contributed by atoms with Crippen LogP contribution in [0.5, 0.6) is 0 Å². The van der Waals surface area contributed by atoms with Gasteiger partial charge in [0, 0.05) is 24.9 Å². The molecule has 1 aliphatic rings. The monoisotopic (exact) mass is 232 g/mol.